The largest absolute Gasteiger partial charge is 0.378 e. The number of aromatic amines is 1. The summed E-state index contributed by atoms with van der Waals surface area (Å²) in [5, 5.41) is 0.516. The number of nitrogens with one attached hydrogen (secondary N) is 1. The maximum atomic E-state index is 11.7. The Morgan fingerprint density at radius 2 is 2.18 bits per heavy atom. The lowest BCUT2D eigenvalue weighted by atomic mass is 10.3. The summed E-state index contributed by atoms with van der Waals surface area (Å²) in [5.41, 5.74) is -0.300. The van der Waals surface area contributed by atoms with Crippen LogP contribution in [0.5, 0.6) is 0 Å². The number of anilines is 1. The molecule has 1 aromatic rings. The molecule has 1 aliphatic heterocycles. The number of nitrogens with zero attached hydrogens (tertiary/aromatic N) is 2. The summed E-state index contributed by atoms with van der Waals surface area (Å²) in [5.74, 6) is 0.455. The van der Waals surface area contributed by atoms with E-state index in [-0.39, 0.29) is 11.1 Å². The van der Waals surface area contributed by atoms with Crippen LogP contribution in [0.15, 0.2) is 9.95 Å². The molecule has 92 valence electrons. The van der Waals surface area contributed by atoms with E-state index in [0.29, 0.717) is 43.6 Å². The number of thioether (sulfide) groups is 1. The molecule has 0 amide bonds. The average molecular weight is 255 g/mol. The molecule has 2 rings (SSSR count). The zero-order chi connectivity index (χ0) is 12.3. The number of carbonyl (C=O) groups excluding carboxylic acids is 1. The van der Waals surface area contributed by atoms with Gasteiger partial charge in [-0.25, -0.2) is 4.98 Å². The number of morpholine rings is 1. The van der Waals surface area contributed by atoms with Gasteiger partial charge < -0.3 is 14.6 Å². The molecule has 1 aliphatic rings. The van der Waals surface area contributed by atoms with Gasteiger partial charge >= 0.3 is 0 Å². The zero-order valence-corrected chi connectivity index (χ0v) is 10.2. The molecule has 7 heteroatoms. The van der Waals surface area contributed by atoms with Crippen LogP contribution in [0.3, 0.4) is 0 Å². The van der Waals surface area contributed by atoms with Gasteiger partial charge in [-0.3, -0.25) is 9.59 Å². The topological polar surface area (TPSA) is 75.3 Å². The van der Waals surface area contributed by atoms with E-state index < -0.39 is 0 Å². The highest BCUT2D eigenvalue weighted by Crippen LogP contribution is 2.17. The lowest BCUT2D eigenvalue weighted by molar-refractivity contribution is 0.111. The highest BCUT2D eigenvalue weighted by molar-refractivity contribution is 7.98. The Hall–Kier alpha value is -1.34. The minimum absolute atomic E-state index is 0.0877. The number of hydrogen-bond donors (Lipinski definition) is 1. The first-order valence-electron chi connectivity index (χ1n) is 5.22. The van der Waals surface area contributed by atoms with Crippen molar-refractivity contribution in [3.8, 4) is 0 Å². The number of carbonyl (C=O) groups is 1. The molecule has 0 atom stereocenters. The molecule has 0 aliphatic carbocycles. The first-order valence-corrected chi connectivity index (χ1v) is 6.45. The monoisotopic (exact) mass is 255 g/mol. The third kappa shape index (κ3) is 2.50. The van der Waals surface area contributed by atoms with Gasteiger partial charge in [-0.05, 0) is 6.26 Å². The third-order valence-electron chi connectivity index (χ3n) is 2.54. The van der Waals surface area contributed by atoms with Gasteiger partial charge in [-0.2, -0.15) is 0 Å². The average Bonchev–Trinajstić information content (AvgIpc) is 2.38. The van der Waals surface area contributed by atoms with Crippen molar-refractivity contribution in [3.63, 3.8) is 0 Å². The minimum atomic E-state index is -0.388. The molecule has 6 nitrogen and oxygen atoms in total. The second-order valence-corrected chi connectivity index (χ2v) is 4.32. The van der Waals surface area contributed by atoms with Crippen molar-refractivity contribution in [2.24, 2.45) is 0 Å². The van der Waals surface area contributed by atoms with Crippen LogP contribution >= 0.6 is 11.8 Å². The van der Waals surface area contributed by atoms with Crippen molar-refractivity contribution in [1.29, 1.82) is 0 Å². The quantitative estimate of drug-likeness (QED) is 0.470. The Morgan fingerprint density at radius 1 is 1.47 bits per heavy atom. The number of ether oxygens (including phenoxy) is 1. The van der Waals surface area contributed by atoms with Crippen LogP contribution in [-0.2, 0) is 4.74 Å². The molecule has 2 heterocycles. The summed E-state index contributed by atoms with van der Waals surface area (Å²) < 4.78 is 5.23. The maximum Gasteiger partial charge on any atom is 0.264 e. The standard InChI is InChI=1S/C10H13N3O3S/c1-17-10-11-8(7(6-14)9(15)12-10)13-2-4-16-5-3-13/h6H,2-5H2,1H3,(H,11,12,15). The van der Waals surface area contributed by atoms with E-state index in [1.54, 1.807) is 0 Å². The van der Waals surface area contributed by atoms with Crippen LogP contribution in [0.4, 0.5) is 5.82 Å². The first-order chi connectivity index (χ1) is 8.26. The van der Waals surface area contributed by atoms with Crippen LogP contribution in [-0.4, -0.2) is 48.8 Å². The van der Waals surface area contributed by atoms with Crippen molar-refractivity contribution >= 4 is 23.9 Å². The molecular formula is C10H13N3O3S. The number of H-pyrrole nitrogens is 1. The van der Waals surface area contributed by atoms with Gasteiger partial charge in [0.05, 0.1) is 13.2 Å². The van der Waals surface area contributed by atoms with Crippen LogP contribution in [0.2, 0.25) is 0 Å². The second kappa shape index (κ2) is 5.33. The molecule has 0 radical (unpaired) electrons. The number of aromatic nitrogens is 2. The highest BCUT2D eigenvalue weighted by Gasteiger charge is 2.19. The smallest absolute Gasteiger partial charge is 0.264 e. The fourth-order valence-corrected chi connectivity index (χ4v) is 2.04. The minimum Gasteiger partial charge on any atom is -0.378 e. The first kappa shape index (κ1) is 12.1. The molecular weight excluding hydrogens is 242 g/mol. The van der Waals surface area contributed by atoms with E-state index in [1.807, 2.05) is 11.2 Å². The zero-order valence-electron chi connectivity index (χ0n) is 9.43. The van der Waals surface area contributed by atoms with Gasteiger partial charge in [-0.15, -0.1) is 0 Å². The van der Waals surface area contributed by atoms with E-state index in [2.05, 4.69) is 9.97 Å². The predicted octanol–water partition coefficient (Wildman–Crippen LogP) is 0.141. The predicted molar refractivity (Wildman–Crippen MR) is 65.1 cm³/mol. The summed E-state index contributed by atoms with van der Waals surface area (Å²) in [7, 11) is 0. The summed E-state index contributed by atoms with van der Waals surface area (Å²) in [4.78, 5) is 31.4. The molecule has 0 aromatic carbocycles. The van der Waals surface area contributed by atoms with Crippen LogP contribution < -0.4 is 10.5 Å². The van der Waals surface area contributed by atoms with Crippen molar-refractivity contribution in [2.75, 3.05) is 37.5 Å². The normalized spacial score (nSPS) is 15.9. The molecule has 0 unspecified atom stereocenters. The van der Waals surface area contributed by atoms with Crippen molar-refractivity contribution in [2.45, 2.75) is 5.16 Å². The summed E-state index contributed by atoms with van der Waals surface area (Å²) in [6.07, 6.45) is 2.38. The van der Waals surface area contributed by atoms with Gasteiger partial charge in [0, 0.05) is 13.1 Å². The molecule has 0 saturated carbocycles. The molecule has 0 spiro atoms. The fraction of sp³-hybridized carbons (Fsp3) is 0.500. The number of hydrogen-bond acceptors (Lipinski definition) is 6. The fourth-order valence-electron chi connectivity index (χ4n) is 1.67. The molecule has 17 heavy (non-hydrogen) atoms. The van der Waals surface area contributed by atoms with Gasteiger partial charge in [-0.1, -0.05) is 11.8 Å². The number of rotatable bonds is 3. The Morgan fingerprint density at radius 3 is 2.76 bits per heavy atom. The second-order valence-electron chi connectivity index (χ2n) is 3.53. The summed E-state index contributed by atoms with van der Waals surface area (Å²) >= 11 is 1.34. The van der Waals surface area contributed by atoms with Crippen LogP contribution in [0.1, 0.15) is 10.4 Å². The lowest BCUT2D eigenvalue weighted by Gasteiger charge is -2.28. The van der Waals surface area contributed by atoms with Gasteiger partial charge in [0.1, 0.15) is 11.4 Å². The van der Waals surface area contributed by atoms with Crippen molar-refractivity contribution in [3.05, 3.63) is 15.9 Å². The van der Waals surface area contributed by atoms with Crippen LogP contribution in [0.25, 0.3) is 0 Å². The molecule has 1 fully saturated rings. The number of aldehydes is 1. The highest BCUT2D eigenvalue weighted by atomic mass is 32.2. The van der Waals surface area contributed by atoms with Crippen molar-refractivity contribution < 1.29 is 9.53 Å². The van der Waals surface area contributed by atoms with Gasteiger partial charge in [0.15, 0.2) is 11.4 Å². The summed E-state index contributed by atoms with van der Waals surface area (Å²) in [6.45, 7) is 2.46. The Balaban J connectivity index is 2.45. The molecule has 0 bridgehead atoms. The Kier molecular flexibility index (Phi) is 3.80. The Labute approximate surface area is 102 Å². The molecule has 1 saturated heterocycles. The molecule has 1 aromatic heterocycles. The SMILES string of the molecule is CSc1nc(N2CCOCC2)c(C=O)c(=O)[nH]1. The Bertz CT molecular complexity index is 468. The maximum absolute atomic E-state index is 11.7. The van der Waals surface area contributed by atoms with E-state index in [9.17, 15) is 9.59 Å². The van der Waals surface area contributed by atoms with E-state index >= 15 is 0 Å². The molecule has 1 N–H and O–H groups in total. The van der Waals surface area contributed by atoms with Gasteiger partial charge in [0.2, 0.25) is 0 Å². The lowest BCUT2D eigenvalue weighted by Crippen LogP contribution is -2.38. The third-order valence-corrected chi connectivity index (χ3v) is 3.12. The summed E-state index contributed by atoms with van der Waals surface area (Å²) in [6, 6.07) is 0. The van der Waals surface area contributed by atoms with Crippen LogP contribution in [0, 0.1) is 0 Å². The van der Waals surface area contributed by atoms with E-state index in [0.717, 1.165) is 0 Å². The van der Waals surface area contributed by atoms with Crippen molar-refractivity contribution in [1.82, 2.24) is 9.97 Å². The van der Waals surface area contributed by atoms with E-state index in [1.165, 1.54) is 11.8 Å². The van der Waals surface area contributed by atoms with E-state index in [4.69, 9.17) is 4.74 Å². The van der Waals surface area contributed by atoms with Gasteiger partial charge in [0.25, 0.3) is 5.56 Å².